The van der Waals surface area contributed by atoms with Crippen molar-refractivity contribution in [2.45, 2.75) is 18.9 Å². The number of rotatable bonds is 9. The molecule has 0 bridgehead atoms. The Kier molecular flexibility index (Phi) is 6.82. The standard InChI is InChI=1S/C24H27N5O2S/c1-28(2)13-4-5-21(29-14-12-25-16-29)18-8-11-20-22(15-18)32-24(27-20)26-19-9-6-17(7-10-19)23(30)31-3/h6-12,14-16,21H,4-5,13H2,1-3H3,(H,26,27). The first kappa shape index (κ1) is 22.0. The van der Waals surface area contributed by atoms with E-state index in [1.807, 2.05) is 30.9 Å². The van der Waals surface area contributed by atoms with Gasteiger partial charge in [-0.15, -0.1) is 0 Å². The number of methoxy groups -OCH3 is 1. The highest BCUT2D eigenvalue weighted by atomic mass is 32.1. The van der Waals surface area contributed by atoms with Crippen LogP contribution in [0.15, 0.2) is 61.2 Å². The molecule has 2 aromatic carbocycles. The molecule has 0 saturated heterocycles. The van der Waals surface area contributed by atoms with Crippen LogP contribution in [-0.4, -0.2) is 53.2 Å². The molecule has 0 fully saturated rings. The second kappa shape index (κ2) is 9.93. The van der Waals surface area contributed by atoms with Crippen LogP contribution in [0.1, 0.15) is 34.8 Å². The maximum Gasteiger partial charge on any atom is 0.337 e. The van der Waals surface area contributed by atoms with Gasteiger partial charge < -0.3 is 19.5 Å². The van der Waals surface area contributed by atoms with Crippen LogP contribution in [0.25, 0.3) is 10.2 Å². The van der Waals surface area contributed by atoms with Gasteiger partial charge in [0.15, 0.2) is 5.13 Å². The largest absolute Gasteiger partial charge is 0.465 e. The van der Waals surface area contributed by atoms with Crippen LogP contribution in [0.3, 0.4) is 0 Å². The first-order valence-electron chi connectivity index (χ1n) is 10.5. The van der Waals surface area contributed by atoms with Gasteiger partial charge in [-0.3, -0.25) is 0 Å². The zero-order valence-electron chi connectivity index (χ0n) is 18.5. The number of fused-ring (bicyclic) bond motifs is 1. The molecule has 4 rings (SSSR count). The Morgan fingerprint density at radius 1 is 1.22 bits per heavy atom. The van der Waals surface area contributed by atoms with Crippen molar-refractivity contribution in [1.82, 2.24) is 19.4 Å². The lowest BCUT2D eigenvalue weighted by molar-refractivity contribution is 0.0601. The molecule has 0 amide bonds. The number of ether oxygens (including phenoxy) is 1. The second-order valence-corrected chi connectivity index (χ2v) is 8.94. The van der Waals surface area contributed by atoms with E-state index in [0.717, 1.165) is 40.4 Å². The predicted molar refractivity (Wildman–Crippen MR) is 129 cm³/mol. The second-order valence-electron chi connectivity index (χ2n) is 7.91. The number of hydrogen-bond acceptors (Lipinski definition) is 7. The van der Waals surface area contributed by atoms with Crippen LogP contribution < -0.4 is 5.32 Å². The fourth-order valence-corrected chi connectivity index (χ4v) is 4.61. The zero-order chi connectivity index (χ0) is 22.5. The molecule has 0 radical (unpaired) electrons. The average molecular weight is 450 g/mol. The fraction of sp³-hybridized carbons (Fsp3) is 0.292. The van der Waals surface area contributed by atoms with Gasteiger partial charge in [-0.1, -0.05) is 17.4 Å². The van der Waals surface area contributed by atoms with Gasteiger partial charge in [0, 0.05) is 18.1 Å². The van der Waals surface area contributed by atoms with Gasteiger partial charge in [-0.05, 0) is 75.4 Å². The van der Waals surface area contributed by atoms with Crippen LogP contribution in [0, 0.1) is 0 Å². The van der Waals surface area contributed by atoms with Crippen molar-refractivity contribution in [2.24, 2.45) is 0 Å². The van der Waals surface area contributed by atoms with Gasteiger partial charge in [-0.2, -0.15) is 0 Å². The number of aromatic nitrogens is 3. The summed E-state index contributed by atoms with van der Waals surface area (Å²) in [5.41, 5.74) is 3.61. The Hall–Kier alpha value is -3.23. The molecule has 0 aliphatic rings. The van der Waals surface area contributed by atoms with Gasteiger partial charge in [0.25, 0.3) is 0 Å². The first-order chi connectivity index (χ1) is 15.5. The summed E-state index contributed by atoms with van der Waals surface area (Å²) in [4.78, 5) is 22.8. The van der Waals surface area contributed by atoms with E-state index < -0.39 is 0 Å². The zero-order valence-corrected chi connectivity index (χ0v) is 19.3. The summed E-state index contributed by atoms with van der Waals surface area (Å²) >= 11 is 1.62. The lowest BCUT2D eigenvalue weighted by atomic mass is 10.0. The highest BCUT2D eigenvalue weighted by Gasteiger charge is 2.15. The molecule has 0 aliphatic heterocycles. The van der Waals surface area contributed by atoms with Gasteiger partial charge in [0.2, 0.25) is 0 Å². The van der Waals surface area contributed by atoms with E-state index in [1.165, 1.54) is 12.7 Å². The Morgan fingerprint density at radius 3 is 2.72 bits per heavy atom. The smallest absolute Gasteiger partial charge is 0.337 e. The minimum atomic E-state index is -0.345. The number of benzene rings is 2. The SMILES string of the molecule is COC(=O)c1ccc(Nc2nc3ccc(C(CCCN(C)C)n4ccnc4)cc3s2)cc1. The third kappa shape index (κ3) is 5.15. The number of hydrogen-bond donors (Lipinski definition) is 1. The molecule has 166 valence electrons. The highest BCUT2D eigenvalue weighted by Crippen LogP contribution is 2.32. The van der Waals surface area contributed by atoms with Crippen molar-refractivity contribution in [3.05, 3.63) is 72.3 Å². The number of nitrogens with zero attached hydrogens (tertiary/aromatic N) is 4. The van der Waals surface area contributed by atoms with E-state index in [0.29, 0.717) is 5.56 Å². The van der Waals surface area contributed by atoms with E-state index in [-0.39, 0.29) is 12.0 Å². The Morgan fingerprint density at radius 2 is 2.03 bits per heavy atom. The summed E-state index contributed by atoms with van der Waals surface area (Å²) in [6.45, 7) is 1.05. The summed E-state index contributed by atoms with van der Waals surface area (Å²) < 4.78 is 8.06. The number of imidazole rings is 1. The molecular formula is C24H27N5O2S. The quantitative estimate of drug-likeness (QED) is 0.364. The minimum absolute atomic E-state index is 0.242. The molecule has 1 N–H and O–H groups in total. The molecule has 1 unspecified atom stereocenters. The normalized spacial score (nSPS) is 12.2. The van der Waals surface area contributed by atoms with Crippen LogP contribution in [0.4, 0.5) is 10.8 Å². The van der Waals surface area contributed by atoms with Crippen molar-refractivity contribution in [3.8, 4) is 0 Å². The molecular weight excluding hydrogens is 422 g/mol. The van der Waals surface area contributed by atoms with E-state index >= 15 is 0 Å². The highest BCUT2D eigenvalue weighted by molar-refractivity contribution is 7.22. The van der Waals surface area contributed by atoms with Gasteiger partial charge >= 0.3 is 5.97 Å². The summed E-state index contributed by atoms with van der Waals surface area (Å²) in [7, 11) is 5.59. The lowest BCUT2D eigenvalue weighted by Gasteiger charge is -2.20. The number of carbonyl (C=O) groups is 1. The van der Waals surface area contributed by atoms with Crippen molar-refractivity contribution >= 4 is 38.3 Å². The number of esters is 1. The molecule has 2 heterocycles. The van der Waals surface area contributed by atoms with Gasteiger partial charge in [0.05, 0.1) is 35.3 Å². The summed E-state index contributed by atoms with van der Waals surface area (Å²) in [5.74, 6) is -0.345. The molecule has 1 atom stereocenters. The maximum absolute atomic E-state index is 11.6. The van der Waals surface area contributed by atoms with Crippen molar-refractivity contribution in [1.29, 1.82) is 0 Å². The number of thiazole rings is 1. The molecule has 0 aliphatic carbocycles. The molecule has 0 saturated carbocycles. The third-order valence-electron chi connectivity index (χ3n) is 5.32. The predicted octanol–water partition coefficient (Wildman–Crippen LogP) is 4.95. The first-order valence-corrected chi connectivity index (χ1v) is 11.3. The van der Waals surface area contributed by atoms with Crippen LogP contribution in [0.2, 0.25) is 0 Å². The Balaban J connectivity index is 1.54. The van der Waals surface area contributed by atoms with Crippen molar-refractivity contribution in [2.75, 3.05) is 33.1 Å². The topological polar surface area (TPSA) is 72.3 Å². The maximum atomic E-state index is 11.6. The monoisotopic (exact) mass is 449 g/mol. The molecule has 0 spiro atoms. The molecule has 32 heavy (non-hydrogen) atoms. The van der Waals surface area contributed by atoms with E-state index in [1.54, 1.807) is 23.5 Å². The van der Waals surface area contributed by atoms with Crippen LogP contribution >= 0.6 is 11.3 Å². The molecule has 7 nitrogen and oxygen atoms in total. The Bertz CT molecular complexity index is 1170. The van der Waals surface area contributed by atoms with Crippen molar-refractivity contribution in [3.63, 3.8) is 0 Å². The molecule has 4 aromatic rings. The van der Waals surface area contributed by atoms with Crippen molar-refractivity contribution < 1.29 is 9.53 Å². The van der Waals surface area contributed by atoms with E-state index in [2.05, 4.69) is 52.1 Å². The summed E-state index contributed by atoms with van der Waals surface area (Å²) in [6.07, 6.45) is 7.89. The van der Waals surface area contributed by atoms with E-state index in [4.69, 9.17) is 9.72 Å². The summed E-state index contributed by atoms with van der Waals surface area (Å²) in [5, 5.41) is 4.15. The van der Waals surface area contributed by atoms with E-state index in [9.17, 15) is 4.79 Å². The lowest BCUT2D eigenvalue weighted by Crippen LogP contribution is -2.16. The minimum Gasteiger partial charge on any atom is -0.465 e. The fourth-order valence-electron chi connectivity index (χ4n) is 3.68. The molecule has 8 heteroatoms. The third-order valence-corrected chi connectivity index (χ3v) is 6.26. The van der Waals surface area contributed by atoms with Crippen LogP contribution in [0.5, 0.6) is 0 Å². The Labute approximate surface area is 191 Å². The van der Waals surface area contributed by atoms with Crippen LogP contribution in [-0.2, 0) is 4.74 Å². The number of nitrogens with one attached hydrogen (secondary N) is 1. The molecule has 2 aromatic heterocycles. The summed E-state index contributed by atoms with van der Waals surface area (Å²) in [6, 6.07) is 13.9. The number of anilines is 2. The van der Waals surface area contributed by atoms with Gasteiger partial charge in [0.1, 0.15) is 0 Å². The average Bonchev–Trinajstić information content (AvgIpc) is 3.45. The number of carbonyl (C=O) groups excluding carboxylic acids is 1. The van der Waals surface area contributed by atoms with Gasteiger partial charge in [-0.25, -0.2) is 14.8 Å².